The lowest BCUT2D eigenvalue weighted by Crippen LogP contribution is -2.04. The monoisotopic (exact) mass is 359 g/mol. The van der Waals surface area contributed by atoms with E-state index in [0.717, 1.165) is 14.6 Å². The maximum absolute atomic E-state index is 12.8. The van der Waals surface area contributed by atoms with Gasteiger partial charge in [-0.3, -0.25) is 4.98 Å². The Morgan fingerprint density at radius 1 is 1.29 bits per heavy atom. The summed E-state index contributed by atoms with van der Waals surface area (Å²) in [5, 5.41) is 3.00. The van der Waals surface area contributed by atoms with E-state index >= 15 is 0 Å². The van der Waals surface area contributed by atoms with Gasteiger partial charge in [-0.1, -0.05) is 6.07 Å². The summed E-state index contributed by atoms with van der Waals surface area (Å²) in [5.41, 5.74) is 0.833. The predicted molar refractivity (Wildman–Crippen MR) is 71.2 cm³/mol. The summed E-state index contributed by atoms with van der Waals surface area (Å²) in [6.45, 7) is 0.477. The lowest BCUT2D eigenvalue weighted by atomic mass is 10.3. The Kier molecular flexibility index (Phi) is 4.06. The quantitative estimate of drug-likeness (QED) is 0.847. The Morgan fingerprint density at radius 3 is 2.82 bits per heavy atom. The second kappa shape index (κ2) is 5.55. The largest absolute Gasteiger partial charge is 0.364 e. The Labute approximate surface area is 115 Å². The molecule has 0 saturated heterocycles. The zero-order valence-electron chi connectivity index (χ0n) is 8.62. The molecule has 0 bridgehead atoms. The average Bonchev–Trinajstić information content (AvgIpc) is 2.28. The fraction of sp³-hybridized carbons (Fsp3) is 0.0909. The molecule has 0 aliphatic heterocycles. The van der Waals surface area contributed by atoms with Gasteiger partial charge in [0.25, 0.3) is 0 Å². The molecule has 2 rings (SSSR count). The van der Waals surface area contributed by atoms with Crippen LogP contribution in [0.2, 0.25) is 0 Å². The fourth-order valence-corrected chi connectivity index (χ4v) is 2.38. The van der Waals surface area contributed by atoms with Crippen LogP contribution in [0.5, 0.6) is 0 Å². The Hall–Kier alpha value is -1.01. The second-order valence-electron chi connectivity index (χ2n) is 3.28. The molecule has 1 N–H and O–H groups in total. The molecule has 0 aliphatic rings. The highest BCUT2D eigenvalue weighted by molar-refractivity contribution is 9.11. The summed E-state index contributed by atoms with van der Waals surface area (Å²) in [5.74, 6) is -0.0144. The number of rotatable bonds is 3. The van der Waals surface area contributed by atoms with E-state index in [1.54, 1.807) is 18.3 Å². The van der Waals surface area contributed by atoms with Gasteiger partial charge in [0.1, 0.15) is 5.82 Å². The summed E-state index contributed by atoms with van der Waals surface area (Å²) >= 11 is 6.74. The second-order valence-corrected chi connectivity index (χ2v) is 5.05. The predicted octanol–water partition coefficient (Wildman–Crippen LogP) is 3.75. The molecule has 0 aromatic carbocycles. The Bertz CT molecular complexity index is 534. The van der Waals surface area contributed by atoms with Crippen LogP contribution in [0.4, 0.5) is 10.2 Å². The van der Waals surface area contributed by atoms with Crippen LogP contribution in [0.15, 0.2) is 39.4 Å². The van der Waals surface area contributed by atoms with Crippen LogP contribution in [0.25, 0.3) is 0 Å². The minimum absolute atomic E-state index is 0.477. The SMILES string of the molecule is Fc1cccc(NCc2ncc(Br)cc2Br)n1. The van der Waals surface area contributed by atoms with Gasteiger partial charge in [-0.25, -0.2) is 4.98 Å². The van der Waals surface area contributed by atoms with E-state index in [1.165, 1.54) is 6.07 Å². The third-order valence-corrected chi connectivity index (χ3v) is 3.16. The van der Waals surface area contributed by atoms with Crippen molar-refractivity contribution in [1.29, 1.82) is 0 Å². The summed E-state index contributed by atoms with van der Waals surface area (Å²) in [7, 11) is 0. The van der Waals surface area contributed by atoms with Crippen LogP contribution in [0.3, 0.4) is 0 Å². The highest BCUT2D eigenvalue weighted by Crippen LogP contribution is 2.20. The van der Waals surface area contributed by atoms with E-state index in [-0.39, 0.29) is 0 Å². The van der Waals surface area contributed by atoms with Gasteiger partial charge in [-0.2, -0.15) is 4.39 Å². The van der Waals surface area contributed by atoms with Gasteiger partial charge < -0.3 is 5.32 Å². The molecule has 0 aliphatic carbocycles. The van der Waals surface area contributed by atoms with Crippen molar-refractivity contribution < 1.29 is 4.39 Å². The van der Waals surface area contributed by atoms with Crippen molar-refractivity contribution in [3.05, 3.63) is 51.0 Å². The molecule has 0 saturated carbocycles. The van der Waals surface area contributed by atoms with Gasteiger partial charge in [0.2, 0.25) is 5.95 Å². The molecule has 3 nitrogen and oxygen atoms in total. The number of halogens is 3. The molecule has 6 heteroatoms. The summed E-state index contributed by atoms with van der Waals surface area (Å²) in [4.78, 5) is 7.94. The van der Waals surface area contributed by atoms with Gasteiger partial charge in [0.05, 0.1) is 12.2 Å². The van der Waals surface area contributed by atoms with E-state index in [9.17, 15) is 4.39 Å². The number of aromatic nitrogens is 2. The van der Waals surface area contributed by atoms with Gasteiger partial charge in [-0.05, 0) is 50.1 Å². The van der Waals surface area contributed by atoms with Crippen LogP contribution in [0.1, 0.15) is 5.69 Å². The first-order chi connectivity index (χ1) is 8.15. The number of nitrogens with one attached hydrogen (secondary N) is 1. The molecule has 0 spiro atoms. The smallest absolute Gasteiger partial charge is 0.214 e. The molecule has 0 fully saturated rings. The molecular formula is C11H8Br2FN3. The maximum atomic E-state index is 12.8. The van der Waals surface area contributed by atoms with E-state index < -0.39 is 5.95 Å². The Morgan fingerprint density at radius 2 is 2.12 bits per heavy atom. The van der Waals surface area contributed by atoms with Crippen molar-refractivity contribution in [2.75, 3.05) is 5.32 Å². The summed E-state index contributed by atoms with van der Waals surface area (Å²) in [6.07, 6.45) is 1.71. The van der Waals surface area contributed by atoms with Crippen molar-refractivity contribution in [3.8, 4) is 0 Å². The number of pyridine rings is 2. The first-order valence-electron chi connectivity index (χ1n) is 4.81. The molecule has 0 amide bonds. The zero-order valence-corrected chi connectivity index (χ0v) is 11.8. The fourth-order valence-electron chi connectivity index (χ4n) is 1.25. The molecule has 0 radical (unpaired) electrons. The van der Waals surface area contributed by atoms with Gasteiger partial charge in [0, 0.05) is 15.1 Å². The first kappa shape index (κ1) is 12.4. The normalized spacial score (nSPS) is 10.3. The maximum Gasteiger partial charge on any atom is 0.214 e. The van der Waals surface area contributed by atoms with Crippen LogP contribution in [-0.4, -0.2) is 9.97 Å². The average molecular weight is 361 g/mol. The van der Waals surface area contributed by atoms with Crippen molar-refractivity contribution in [3.63, 3.8) is 0 Å². The van der Waals surface area contributed by atoms with Crippen molar-refractivity contribution in [2.24, 2.45) is 0 Å². The highest BCUT2D eigenvalue weighted by Gasteiger charge is 2.03. The third kappa shape index (κ3) is 3.47. The van der Waals surface area contributed by atoms with E-state index in [1.807, 2.05) is 6.07 Å². The van der Waals surface area contributed by atoms with E-state index in [2.05, 4.69) is 47.1 Å². The summed E-state index contributed by atoms with van der Waals surface area (Å²) in [6, 6.07) is 6.52. The van der Waals surface area contributed by atoms with Crippen LogP contribution < -0.4 is 5.32 Å². The minimum atomic E-state index is -0.502. The van der Waals surface area contributed by atoms with Crippen molar-refractivity contribution >= 4 is 37.7 Å². The summed E-state index contributed by atoms with van der Waals surface area (Å²) < 4.78 is 14.6. The molecular weight excluding hydrogens is 353 g/mol. The molecule has 88 valence electrons. The molecule has 2 aromatic rings. The molecule has 2 heterocycles. The highest BCUT2D eigenvalue weighted by atomic mass is 79.9. The van der Waals surface area contributed by atoms with Crippen LogP contribution >= 0.6 is 31.9 Å². The Balaban J connectivity index is 2.07. The van der Waals surface area contributed by atoms with Crippen molar-refractivity contribution in [1.82, 2.24) is 9.97 Å². The number of anilines is 1. The standard InChI is InChI=1S/C11H8Br2FN3/c12-7-4-8(13)9(15-5-7)6-16-11-3-1-2-10(14)17-11/h1-5H,6H2,(H,16,17). The lowest BCUT2D eigenvalue weighted by Gasteiger charge is -2.06. The van der Waals surface area contributed by atoms with E-state index in [0.29, 0.717) is 12.4 Å². The van der Waals surface area contributed by atoms with Crippen molar-refractivity contribution in [2.45, 2.75) is 6.54 Å². The molecule has 17 heavy (non-hydrogen) atoms. The number of hydrogen-bond acceptors (Lipinski definition) is 3. The van der Waals surface area contributed by atoms with Gasteiger partial charge >= 0.3 is 0 Å². The minimum Gasteiger partial charge on any atom is -0.364 e. The van der Waals surface area contributed by atoms with Crippen LogP contribution in [-0.2, 0) is 6.54 Å². The molecule has 0 atom stereocenters. The molecule has 2 aromatic heterocycles. The first-order valence-corrected chi connectivity index (χ1v) is 6.40. The zero-order chi connectivity index (χ0) is 12.3. The van der Waals surface area contributed by atoms with Crippen LogP contribution in [0, 0.1) is 5.95 Å². The van der Waals surface area contributed by atoms with Gasteiger partial charge in [0.15, 0.2) is 0 Å². The number of nitrogens with zero attached hydrogens (tertiary/aromatic N) is 2. The van der Waals surface area contributed by atoms with E-state index in [4.69, 9.17) is 0 Å². The topological polar surface area (TPSA) is 37.8 Å². The van der Waals surface area contributed by atoms with Gasteiger partial charge in [-0.15, -0.1) is 0 Å². The third-order valence-electron chi connectivity index (χ3n) is 2.04. The lowest BCUT2D eigenvalue weighted by molar-refractivity contribution is 0.585. The number of hydrogen-bond donors (Lipinski definition) is 1. The molecule has 0 unspecified atom stereocenters.